The maximum Gasteiger partial charge on any atom is 0.123 e. The zero-order valence-corrected chi connectivity index (χ0v) is 10.1. The van der Waals surface area contributed by atoms with Gasteiger partial charge in [0.1, 0.15) is 5.82 Å². The van der Waals surface area contributed by atoms with Crippen molar-refractivity contribution in [3.8, 4) is 0 Å². The molecule has 0 bridgehead atoms. The summed E-state index contributed by atoms with van der Waals surface area (Å²) >= 11 is 0. The van der Waals surface area contributed by atoms with Crippen LogP contribution >= 0.6 is 0 Å². The highest BCUT2D eigenvalue weighted by molar-refractivity contribution is 5.36. The molecule has 2 N–H and O–H groups in total. The normalized spacial score (nSPS) is 12.5. The van der Waals surface area contributed by atoms with Crippen molar-refractivity contribution >= 4 is 0 Å². The average Bonchev–Trinajstić information content (AvgIpc) is 2.32. The number of nitrogens with two attached hydrogens (primary N) is 1. The fourth-order valence-electron chi connectivity index (χ4n) is 1.85. The van der Waals surface area contributed by atoms with Crippen LogP contribution in [0.1, 0.15) is 28.3 Å². The summed E-state index contributed by atoms with van der Waals surface area (Å²) in [5.74, 6) is -0.248. The maximum atomic E-state index is 13.1. The molecule has 0 amide bonds. The molecule has 88 valence electrons. The van der Waals surface area contributed by atoms with Crippen molar-refractivity contribution in [2.24, 2.45) is 5.73 Å². The summed E-state index contributed by atoms with van der Waals surface area (Å²) in [6.45, 7) is 4.12. The first-order chi connectivity index (χ1) is 8.08. The highest BCUT2D eigenvalue weighted by Gasteiger charge is 2.10. The topological polar surface area (TPSA) is 26.0 Å². The number of benzene rings is 2. The van der Waals surface area contributed by atoms with Gasteiger partial charge in [-0.1, -0.05) is 30.3 Å². The van der Waals surface area contributed by atoms with Gasteiger partial charge in [0, 0.05) is 0 Å². The van der Waals surface area contributed by atoms with Crippen LogP contribution in [0.15, 0.2) is 42.5 Å². The number of hydrogen-bond donors (Lipinski definition) is 1. The number of halogens is 1. The number of hydrogen-bond acceptors (Lipinski definition) is 1. The van der Waals surface area contributed by atoms with E-state index in [2.05, 4.69) is 19.9 Å². The van der Waals surface area contributed by atoms with E-state index < -0.39 is 0 Å². The molecule has 0 aliphatic heterocycles. The first-order valence-electron chi connectivity index (χ1n) is 5.66. The van der Waals surface area contributed by atoms with Gasteiger partial charge >= 0.3 is 0 Å². The molecule has 0 saturated heterocycles. The molecule has 0 aliphatic carbocycles. The molecule has 1 unspecified atom stereocenters. The Labute approximate surface area is 101 Å². The average molecular weight is 229 g/mol. The van der Waals surface area contributed by atoms with Crippen LogP contribution in [-0.2, 0) is 0 Å². The minimum absolute atomic E-state index is 0.248. The Morgan fingerprint density at radius 3 is 2.29 bits per heavy atom. The van der Waals surface area contributed by atoms with Gasteiger partial charge < -0.3 is 5.73 Å². The quantitative estimate of drug-likeness (QED) is 0.838. The minimum atomic E-state index is -0.273. The van der Waals surface area contributed by atoms with Gasteiger partial charge in [0.05, 0.1) is 6.04 Å². The van der Waals surface area contributed by atoms with Crippen LogP contribution in [0.4, 0.5) is 4.39 Å². The lowest BCUT2D eigenvalue weighted by atomic mass is 9.96. The third-order valence-corrected chi connectivity index (χ3v) is 3.10. The fourth-order valence-corrected chi connectivity index (χ4v) is 1.85. The Balaban J connectivity index is 2.36. The van der Waals surface area contributed by atoms with E-state index in [1.54, 1.807) is 6.07 Å². The van der Waals surface area contributed by atoms with Gasteiger partial charge in [0.2, 0.25) is 0 Å². The molecule has 0 fully saturated rings. The fraction of sp³-hybridized carbons (Fsp3) is 0.200. The first-order valence-corrected chi connectivity index (χ1v) is 5.66. The molecule has 2 heteroatoms. The van der Waals surface area contributed by atoms with E-state index in [0.29, 0.717) is 0 Å². The van der Waals surface area contributed by atoms with Gasteiger partial charge in [0.25, 0.3) is 0 Å². The number of rotatable bonds is 2. The lowest BCUT2D eigenvalue weighted by molar-refractivity contribution is 0.623. The highest BCUT2D eigenvalue weighted by Crippen LogP contribution is 2.22. The molecule has 1 nitrogen and oxygen atoms in total. The van der Waals surface area contributed by atoms with Crippen LogP contribution in [0.2, 0.25) is 0 Å². The van der Waals surface area contributed by atoms with E-state index in [1.807, 2.05) is 18.2 Å². The van der Waals surface area contributed by atoms with Crippen molar-refractivity contribution in [3.05, 3.63) is 70.5 Å². The third-order valence-electron chi connectivity index (χ3n) is 3.10. The van der Waals surface area contributed by atoms with Gasteiger partial charge in [-0.2, -0.15) is 0 Å². The summed E-state index contributed by atoms with van der Waals surface area (Å²) < 4.78 is 13.1. The lowest BCUT2D eigenvalue weighted by Crippen LogP contribution is -2.12. The zero-order chi connectivity index (χ0) is 12.4. The van der Waals surface area contributed by atoms with Crippen LogP contribution < -0.4 is 5.73 Å². The Morgan fingerprint density at radius 2 is 1.65 bits per heavy atom. The van der Waals surface area contributed by atoms with E-state index in [9.17, 15) is 4.39 Å². The van der Waals surface area contributed by atoms with Crippen LogP contribution in [0.5, 0.6) is 0 Å². The predicted octanol–water partition coefficient (Wildman–Crippen LogP) is 3.49. The van der Waals surface area contributed by atoms with Gasteiger partial charge in [-0.25, -0.2) is 4.39 Å². The van der Waals surface area contributed by atoms with Crippen LogP contribution in [0.25, 0.3) is 0 Å². The van der Waals surface area contributed by atoms with Crippen molar-refractivity contribution in [2.75, 3.05) is 0 Å². The first kappa shape index (κ1) is 11.8. The lowest BCUT2D eigenvalue weighted by Gasteiger charge is -2.14. The van der Waals surface area contributed by atoms with Crippen molar-refractivity contribution in [1.29, 1.82) is 0 Å². The van der Waals surface area contributed by atoms with E-state index in [-0.39, 0.29) is 11.9 Å². The molecule has 2 aromatic carbocycles. The van der Waals surface area contributed by atoms with E-state index in [4.69, 9.17) is 5.73 Å². The van der Waals surface area contributed by atoms with Crippen LogP contribution in [0, 0.1) is 19.7 Å². The summed E-state index contributed by atoms with van der Waals surface area (Å²) in [6.07, 6.45) is 0. The van der Waals surface area contributed by atoms with E-state index in [0.717, 1.165) is 11.1 Å². The molecule has 0 spiro atoms. The SMILES string of the molecule is Cc1ccc(C(N)c2cccc(F)c2)cc1C. The molecule has 0 radical (unpaired) electrons. The molecular formula is C15H16FN. The second kappa shape index (κ2) is 4.68. The van der Waals surface area contributed by atoms with Gasteiger partial charge in [-0.3, -0.25) is 0 Å². The second-order valence-corrected chi connectivity index (χ2v) is 4.38. The molecule has 1 atom stereocenters. The van der Waals surface area contributed by atoms with Crippen molar-refractivity contribution < 1.29 is 4.39 Å². The molecule has 0 aromatic heterocycles. The molecule has 0 saturated carbocycles. The van der Waals surface area contributed by atoms with Crippen LogP contribution in [0.3, 0.4) is 0 Å². The Bertz CT molecular complexity index is 534. The summed E-state index contributed by atoms with van der Waals surface area (Å²) in [5, 5.41) is 0. The Hall–Kier alpha value is -1.67. The molecule has 0 heterocycles. The van der Waals surface area contributed by atoms with Crippen molar-refractivity contribution in [1.82, 2.24) is 0 Å². The smallest absolute Gasteiger partial charge is 0.123 e. The van der Waals surface area contributed by atoms with Crippen LogP contribution in [-0.4, -0.2) is 0 Å². The molecule has 2 aromatic rings. The molecular weight excluding hydrogens is 213 g/mol. The van der Waals surface area contributed by atoms with Gasteiger partial charge in [-0.05, 0) is 48.2 Å². The van der Waals surface area contributed by atoms with Gasteiger partial charge in [-0.15, -0.1) is 0 Å². The number of aryl methyl sites for hydroxylation is 2. The van der Waals surface area contributed by atoms with Crippen molar-refractivity contribution in [3.63, 3.8) is 0 Å². The summed E-state index contributed by atoms with van der Waals surface area (Å²) in [4.78, 5) is 0. The molecule has 17 heavy (non-hydrogen) atoms. The standard InChI is InChI=1S/C15H16FN/c1-10-6-7-13(8-11(10)2)15(17)12-4-3-5-14(16)9-12/h3-9,15H,17H2,1-2H3. The monoisotopic (exact) mass is 229 g/mol. The van der Waals surface area contributed by atoms with Gasteiger partial charge in [0.15, 0.2) is 0 Å². The summed E-state index contributed by atoms with van der Waals surface area (Å²) in [6, 6.07) is 12.3. The zero-order valence-electron chi connectivity index (χ0n) is 10.1. The summed E-state index contributed by atoms with van der Waals surface area (Å²) in [7, 11) is 0. The predicted molar refractivity (Wildman–Crippen MR) is 68.3 cm³/mol. The largest absolute Gasteiger partial charge is 0.320 e. The molecule has 2 rings (SSSR count). The molecule has 0 aliphatic rings. The van der Waals surface area contributed by atoms with E-state index in [1.165, 1.54) is 23.3 Å². The highest BCUT2D eigenvalue weighted by atomic mass is 19.1. The van der Waals surface area contributed by atoms with E-state index >= 15 is 0 Å². The maximum absolute atomic E-state index is 13.1. The Kier molecular flexibility index (Phi) is 3.25. The Morgan fingerprint density at radius 1 is 0.941 bits per heavy atom. The minimum Gasteiger partial charge on any atom is -0.320 e. The second-order valence-electron chi connectivity index (χ2n) is 4.38. The van der Waals surface area contributed by atoms with Crippen molar-refractivity contribution in [2.45, 2.75) is 19.9 Å². The third kappa shape index (κ3) is 2.53. The summed E-state index contributed by atoms with van der Waals surface area (Å²) in [5.41, 5.74) is 10.4.